The summed E-state index contributed by atoms with van der Waals surface area (Å²) in [5.41, 5.74) is 2.88. The molecule has 9 heteroatoms. The largest absolute Gasteiger partial charge is 0.493 e. The summed E-state index contributed by atoms with van der Waals surface area (Å²) in [7, 11) is 1.52. The summed E-state index contributed by atoms with van der Waals surface area (Å²) in [6.07, 6.45) is 4.07. The Kier molecular flexibility index (Phi) is 11.1. The minimum atomic E-state index is -0.952. The number of halogens is 1. The van der Waals surface area contributed by atoms with Gasteiger partial charge in [-0.25, -0.2) is 4.39 Å². The molecule has 0 saturated heterocycles. The molecule has 3 atom stereocenters. The molecule has 1 fully saturated rings. The number of aliphatic hydroxyl groups is 1. The lowest BCUT2D eigenvalue weighted by Gasteiger charge is -2.29. The first-order chi connectivity index (χ1) is 19.8. The molecule has 0 aromatic heterocycles. The predicted octanol–water partition coefficient (Wildman–Crippen LogP) is 3.39. The number of nitrogens with one attached hydrogen (secondary N) is 3. The quantitative estimate of drug-likeness (QED) is 0.388. The number of carbonyl (C=O) groups is 2. The van der Waals surface area contributed by atoms with Crippen LogP contribution in [0.2, 0.25) is 0 Å². The molecular weight excluding hydrogens is 525 g/mol. The highest BCUT2D eigenvalue weighted by Crippen LogP contribution is 2.45. The molecule has 4 rings (SSSR count). The number of aryl methyl sites for hydroxylation is 1. The summed E-state index contributed by atoms with van der Waals surface area (Å²) >= 11 is 0. The van der Waals surface area contributed by atoms with Crippen molar-refractivity contribution in [2.45, 2.75) is 76.0 Å². The Bertz CT molecular complexity index is 1170. The van der Waals surface area contributed by atoms with Crippen LogP contribution in [0.5, 0.6) is 5.75 Å². The SMILES string of the molecule is CCc1cccc(C2(NCC(O)C3Cc4cc(F)cc(c4)OCCCCNC(=O)CCC(COC)C(=O)N3)CC2)c1. The lowest BCUT2D eigenvalue weighted by Crippen LogP contribution is -2.52. The van der Waals surface area contributed by atoms with E-state index in [-0.39, 0.29) is 43.3 Å². The van der Waals surface area contributed by atoms with Gasteiger partial charge in [0.05, 0.1) is 31.3 Å². The van der Waals surface area contributed by atoms with Crippen LogP contribution >= 0.6 is 0 Å². The van der Waals surface area contributed by atoms with Gasteiger partial charge in [0.15, 0.2) is 0 Å². The molecule has 2 bridgehead atoms. The third-order valence-corrected chi connectivity index (χ3v) is 8.09. The van der Waals surface area contributed by atoms with Crippen LogP contribution in [-0.4, -0.2) is 62.5 Å². The van der Waals surface area contributed by atoms with Gasteiger partial charge in [0.1, 0.15) is 11.6 Å². The highest BCUT2D eigenvalue weighted by molar-refractivity contribution is 5.81. The van der Waals surface area contributed by atoms with Crippen molar-refractivity contribution in [3.05, 3.63) is 65.0 Å². The van der Waals surface area contributed by atoms with Gasteiger partial charge < -0.3 is 30.5 Å². The summed E-state index contributed by atoms with van der Waals surface area (Å²) in [6, 6.07) is 12.3. The van der Waals surface area contributed by atoms with Gasteiger partial charge >= 0.3 is 0 Å². The van der Waals surface area contributed by atoms with Crippen LogP contribution < -0.4 is 20.7 Å². The lowest BCUT2D eigenvalue weighted by molar-refractivity contribution is -0.129. The van der Waals surface area contributed by atoms with Gasteiger partial charge in [0.2, 0.25) is 11.8 Å². The summed E-state index contributed by atoms with van der Waals surface area (Å²) in [5, 5.41) is 20.9. The number of aliphatic hydroxyl groups excluding tert-OH is 1. The summed E-state index contributed by atoms with van der Waals surface area (Å²) < 4.78 is 25.6. The van der Waals surface area contributed by atoms with E-state index in [1.165, 1.54) is 30.4 Å². The second-order valence-corrected chi connectivity index (χ2v) is 11.3. The number of amides is 2. The maximum atomic E-state index is 14.6. The Morgan fingerprint density at radius 3 is 2.78 bits per heavy atom. The molecule has 2 aliphatic rings. The van der Waals surface area contributed by atoms with Gasteiger partial charge in [-0.1, -0.05) is 31.2 Å². The van der Waals surface area contributed by atoms with Crippen LogP contribution in [0.3, 0.4) is 0 Å². The molecule has 3 unspecified atom stereocenters. The zero-order valence-corrected chi connectivity index (χ0v) is 24.2. The smallest absolute Gasteiger partial charge is 0.225 e. The Hall–Kier alpha value is -3.01. The number of carbonyl (C=O) groups excluding carboxylic acids is 2. The number of ether oxygens (including phenoxy) is 2. The molecule has 1 heterocycles. The maximum absolute atomic E-state index is 14.6. The van der Waals surface area contributed by atoms with Crippen LogP contribution in [-0.2, 0) is 32.7 Å². The maximum Gasteiger partial charge on any atom is 0.225 e. The molecule has 0 radical (unpaired) electrons. The molecule has 1 aliphatic carbocycles. The first kappa shape index (κ1) is 30.9. The lowest BCUT2D eigenvalue weighted by atomic mass is 9.96. The topological polar surface area (TPSA) is 109 Å². The molecule has 8 nitrogen and oxygen atoms in total. The van der Waals surface area contributed by atoms with Crippen LogP contribution in [0.4, 0.5) is 4.39 Å². The normalized spacial score (nSPS) is 22.5. The van der Waals surface area contributed by atoms with Crippen molar-refractivity contribution in [2.75, 3.05) is 33.4 Å². The molecule has 2 aromatic carbocycles. The zero-order valence-electron chi connectivity index (χ0n) is 24.2. The molecule has 1 saturated carbocycles. The molecule has 2 amide bonds. The highest BCUT2D eigenvalue weighted by atomic mass is 19.1. The Balaban J connectivity index is 1.54. The summed E-state index contributed by atoms with van der Waals surface area (Å²) in [6.45, 7) is 3.42. The van der Waals surface area contributed by atoms with E-state index in [2.05, 4.69) is 47.1 Å². The first-order valence-electron chi connectivity index (χ1n) is 14.8. The Labute approximate surface area is 242 Å². The van der Waals surface area contributed by atoms with E-state index in [9.17, 15) is 19.1 Å². The van der Waals surface area contributed by atoms with E-state index in [0.29, 0.717) is 37.3 Å². The molecule has 4 N–H and O–H groups in total. The van der Waals surface area contributed by atoms with Gasteiger partial charge in [-0.3, -0.25) is 9.59 Å². The number of methoxy groups -OCH3 is 1. The number of benzene rings is 2. The van der Waals surface area contributed by atoms with Crippen molar-refractivity contribution in [3.8, 4) is 5.75 Å². The van der Waals surface area contributed by atoms with E-state index in [1.807, 2.05) is 0 Å². The van der Waals surface area contributed by atoms with E-state index >= 15 is 0 Å². The highest BCUT2D eigenvalue weighted by Gasteiger charge is 2.44. The molecule has 2 aromatic rings. The zero-order chi connectivity index (χ0) is 29.2. The van der Waals surface area contributed by atoms with Crippen LogP contribution in [0.15, 0.2) is 42.5 Å². The molecule has 224 valence electrons. The van der Waals surface area contributed by atoms with E-state index < -0.39 is 23.9 Å². The van der Waals surface area contributed by atoms with Gasteiger partial charge in [-0.15, -0.1) is 0 Å². The fourth-order valence-electron chi connectivity index (χ4n) is 5.41. The Morgan fingerprint density at radius 2 is 2.02 bits per heavy atom. The van der Waals surface area contributed by atoms with Crippen molar-refractivity contribution < 1.29 is 28.6 Å². The molecular formula is C32H44FN3O5. The second kappa shape index (κ2) is 14.8. The van der Waals surface area contributed by atoms with Gasteiger partial charge in [0, 0.05) is 38.2 Å². The van der Waals surface area contributed by atoms with Crippen LogP contribution in [0.1, 0.15) is 62.1 Å². The third kappa shape index (κ3) is 8.99. The number of hydrogen-bond acceptors (Lipinski definition) is 6. The average Bonchev–Trinajstić information content (AvgIpc) is 3.76. The fourth-order valence-corrected chi connectivity index (χ4v) is 5.41. The van der Waals surface area contributed by atoms with Gasteiger partial charge in [0.25, 0.3) is 0 Å². The minimum Gasteiger partial charge on any atom is -0.493 e. The Morgan fingerprint density at radius 1 is 1.20 bits per heavy atom. The molecule has 0 spiro atoms. The van der Waals surface area contributed by atoms with Crippen molar-refractivity contribution >= 4 is 11.8 Å². The number of rotatable bonds is 8. The van der Waals surface area contributed by atoms with Crippen molar-refractivity contribution in [1.82, 2.24) is 16.0 Å². The summed E-state index contributed by atoms with van der Waals surface area (Å²) in [4.78, 5) is 25.8. The van der Waals surface area contributed by atoms with E-state index in [1.54, 1.807) is 6.07 Å². The van der Waals surface area contributed by atoms with Gasteiger partial charge in [-0.05, 0) is 73.8 Å². The monoisotopic (exact) mass is 569 g/mol. The average molecular weight is 570 g/mol. The van der Waals surface area contributed by atoms with E-state index in [0.717, 1.165) is 25.7 Å². The minimum absolute atomic E-state index is 0.125. The van der Waals surface area contributed by atoms with Crippen molar-refractivity contribution in [1.29, 1.82) is 0 Å². The number of fused-ring (bicyclic) bond motifs is 2. The predicted molar refractivity (Wildman–Crippen MR) is 155 cm³/mol. The second-order valence-electron chi connectivity index (χ2n) is 11.3. The first-order valence-corrected chi connectivity index (χ1v) is 14.8. The number of hydrogen-bond donors (Lipinski definition) is 4. The van der Waals surface area contributed by atoms with Gasteiger partial charge in [-0.2, -0.15) is 0 Å². The van der Waals surface area contributed by atoms with Crippen molar-refractivity contribution in [3.63, 3.8) is 0 Å². The molecule has 1 aliphatic heterocycles. The third-order valence-electron chi connectivity index (χ3n) is 8.09. The van der Waals surface area contributed by atoms with Crippen LogP contribution in [0.25, 0.3) is 0 Å². The molecule has 41 heavy (non-hydrogen) atoms. The van der Waals surface area contributed by atoms with E-state index in [4.69, 9.17) is 9.47 Å². The van der Waals surface area contributed by atoms with Crippen molar-refractivity contribution in [2.24, 2.45) is 5.92 Å². The van der Waals surface area contributed by atoms with Crippen LogP contribution in [0, 0.1) is 11.7 Å². The summed E-state index contributed by atoms with van der Waals surface area (Å²) in [5.74, 6) is -1.04. The fraction of sp³-hybridized carbons (Fsp3) is 0.562. The standard InChI is InChI=1S/C32H44FN3O5/c1-3-22-7-6-8-25(15-22)32(11-12-32)35-20-29(37)28-18-23-16-26(33)19-27(17-23)41-14-5-4-13-34-30(38)10-9-24(21-40-2)31(39)36-28/h6-8,15-17,19,24,28-29,35,37H,3-5,9-14,18,20-21H2,1-2H3,(H,34,38)(H,36,39).